The fraction of sp³-hybridized carbons (Fsp3) is 0.0556. The highest BCUT2D eigenvalue weighted by Crippen LogP contribution is 2.38. The van der Waals surface area contributed by atoms with E-state index in [1.165, 1.54) is 0 Å². The van der Waals surface area contributed by atoms with E-state index < -0.39 is 0 Å². The first kappa shape index (κ1) is 13.1. The highest BCUT2D eigenvalue weighted by Gasteiger charge is 2.13. The van der Waals surface area contributed by atoms with Crippen LogP contribution in [0.2, 0.25) is 0 Å². The minimum atomic E-state index is 0.357. The summed E-state index contributed by atoms with van der Waals surface area (Å²) in [6.07, 6.45) is 3.59. The first-order valence-electron chi connectivity index (χ1n) is 6.92. The third-order valence-corrected chi connectivity index (χ3v) is 3.99. The van der Waals surface area contributed by atoms with Crippen molar-refractivity contribution >= 4 is 38.7 Å². The second kappa shape index (κ2) is 4.72. The van der Waals surface area contributed by atoms with E-state index in [1.54, 1.807) is 25.4 Å². The smallest absolute Gasteiger partial charge is 0.196 e. The van der Waals surface area contributed by atoms with Crippen LogP contribution in [0.1, 0.15) is 0 Å². The number of hydrogen-bond donors (Lipinski definition) is 0. The highest BCUT2D eigenvalue weighted by molar-refractivity contribution is 6.14. The van der Waals surface area contributed by atoms with E-state index in [-0.39, 0.29) is 0 Å². The van der Waals surface area contributed by atoms with E-state index in [0.717, 1.165) is 33.1 Å². The maximum absolute atomic E-state index is 7.31. The van der Waals surface area contributed by atoms with Gasteiger partial charge in [-0.25, -0.2) is 4.98 Å². The van der Waals surface area contributed by atoms with Crippen LogP contribution >= 0.6 is 0 Å². The number of fused-ring (bicyclic) bond motifs is 6. The second-order valence-electron chi connectivity index (χ2n) is 5.11. The Balaban J connectivity index is 2.31. The third-order valence-electron chi connectivity index (χ3n) is 3.99. The van der Waals surface area contributed by atoms with Crippen LogP contribution in [0, 0.1) is 13.1 Å². The van der Waals surface area contributed by atoms with E-state index in [2.05, 4.69) is 14.7 Å². The zero-order chi connectivity index (χ0) is 16.0. The van der Waals surface area contributed by atoms with E-state index in [9.17, 15) is 0 Å². The quantitative estimate of drug-likeness (QED) is 0.375. The molecule has 5 heteroatoms. The van der Waals surface area contributed by atoms with Gasteiger partial charge < -0.3 is 9.14 Å². The van der Waals surface area contributed by atoms with Gasteiger partial charge in [0, 0.05) is 23.3 Å². The van der Waals surface area contributed by atoms with Crippen LogP contribution in [0.5, 0.6) is 5.75 Å². The molecule has 0 aliphatic rings. The summed E-state index contributed by atoms with van der Waals surface area (Å²) in [4.78, 5) is 11.4. The number of ether oxygens (including phenoxy) is 1. The zero-order valence-electron chi connectivity index (χ0n) is 12.2. The third kappa shape index (κ3) is 1.74. The Hall–Kier alpha value is -3.57. The average molecular weight is 298 g/mol. The molecular weight excluding hydrogens is 288 g/mol. The van der Waals surface area contributed by atoms with Gasteiger partial charge in [0.2, 0.25) is 0 Å². The topological polar surface area (TPSA) is 35.2 Å². The van der Waals surface area contributed by atoms with Crippen molar-refractivity contribution in [2.24, 2.45) is 0 Å². The van der Waals surface area contributed by atoms with Gasteiger partial charge >= 0.3 is 0 Å². The molecule has 0 radical (unpaired) electrons. The summed E-state index contributed by atoms with van der Waals surface area (Å²) in [6, 6.07) is 9.34. The molecule has 0 N–H and O–H groups in total. The van der Waals surface area contributed by atoms with Crippen molar-refractivity contribution < 1.29 is 4.74 Å². The molecule has 0 bridgehead atoms. The predicted molar refractivity (Wildman–Crippen MR) is 89.3 cm³/mol. The van der Waals surface area contributed by atoms with Crippen molar-refractivity contribution in [2.45, 2.75) is 0 Å². The standard InChI is InChI=1S/C18H10N4O/c1-19-15-9-13-12-5-4-11(23-3)8-14(12)18-21-6-7-22(18)17(13)10-16(15)20-2/h4-10H,3H3. The fourth-order valence-corrected chi connectivity index (χ4v) is 2.93. The number of aromatic nitrogens is 2. The van der Waals surface area contributed by atoms with Crippen LogP contribution in [0.4, 0.5) is 11.4 Å². The molecule has 4 aromatic rings. The molecule has 0 unspecified atom stereocenters. The van der Waals surface area contributed by atoms with Gasteiger partial charge in [-0.05, 0) is 35.0 Å². The molecule has 0 fully saturated rings. The zero-order valence-corrected chi connectivity index (χ0v) is 12.2. The Morgan fingerprint density at radius 3 is 2.52 bits per heavy atom. The van der Waals surface area contributed by atoms with Gasteiger partial charge in [-0.3, -0.25) is 9.69 Å². The van der Waals surface area contributed by atoms with Crippen molar-refractivity contribution in [1.29, 1.82) is 0 Å². The second-order valence-corrected chi connectivity index (χ2v) is 5.11. The number of methoxy groups -OCH3 is 1. The Bertz CT molecular complexity index is 1180. The highest BCUT2D eigenvalue weighted by atomic mass is 16.5. The number of hydrogen-bond acceptors (Lipinski definition) is 2. The van der Waals surface area contributed by atoms with Crippen molar-refractivity contribution in [3.8, 4) is 5.75 Å². The summed E-state index contributed by atoms with van der Waals surface area (Å²) < 4.78 is 7.26. The van der Waals surface area contributed by atoms with Crippen LogP contribution in [-0.2, 0) is 0 Å². The van der Waals surface area contributed by atoms with Crippen molar-refractivity contribution in [3.05, 3.63) is 65.6 Å². The van der Waals surface area contributed by atoms with Gasteiger partial charge in [-0.2, -0.15) is 0 Å². The Morgan fingerprint density at radius 2 is 1.78 bits per heavy atom. The largest absolute Gasteiger partial charge is 0.497 e. The van der Waals surface area contributed by atoms with Crippen molar-refractivity contribution in [3.63, 3.8) is 0 Å². The van der Waals surface area contributed by atoms with Crippen molar-refractivity contribution in [1.82, 2.24) is 9.38 Å². The Labute approximate surface area is 132 Å². The van der Waals surface area contributed by atoms with Gasteiger partial charge in [0.25, 0.3) is 0 Å². The Kier molecular flexibility index (Phi) is 2.69. The normalized spacial score (nSPS) is 10.7. The molecule has 5 nitrogen and oxygen atoms in total. The minimum absolute atomic E-state index is 0.357. The molecule has 2 aromatic carbocycles. The molecule has 2 aromatic heterocycles. The van der Waals surface area contributed by atoms with Gasteiger partial charge in [-0.1, -0.05) is 6.07 Å². The van der Waals surface area contributed by atoms with Crippen LogP contribution in [0.3, 0.4) is 0 Å². The summed E-state index contributed by atoms with van der Waals surface area (Å²) >= 11 is 0. The predicted octanol–water partition coefficient (Wildman–Crippen LogP) is 4.75. The summed E-state index contributed by atoms with van der Waals surface area (Å²) in [6.45, 7) is 14.6. The summed E-state index contributed by atoms with van der Waals surface area (Å²) in [5.41, 5.74) is 2.39. The summed E-state index contributed by atoms with van der Waals surface area (Å²) in [5, 5.41) is 2.86. The SMILES string of the molecule is [C-]#[N+]c1cc2c3ccc(OC)cc3c3nccn3c2cc1[N+]#[C-]. The molecule has 0 aliphatic carbocycles. The summed E-state index contributed by atoms with van der Waals surface area (Å²) in [5.74, 6) is 0.755. The van der Waals surface area contributed by atoms with Gasteiger partial charge in [0.15, 0.2) is 11.4 Å². The molecule has 0 aliphatic heterocycles. The molecular formula is C18H10N4O. The number of nitrogens with zero attached hydrogens (tertiary/aromatic N) is 4. The monoisotopic (exact) mass is 298 g/mol. The lowest BCUT2D eigenvalue weighted by atomic mass is 10.0. The Morgan fingerprint density at radius 1 is 1.00 bits per heavy atom. The van der Waals surface area contributed by atoms with E-state index in [1.807, 2.05) is 28.8 Å². The molecule has 4 rings (SSSR count). The lowest BCUT2D eigenvalue weighted by Crippen LogP contribution is -1.91. The van der Waals surface area contributed by atoms with Crippen LogP contribution in [-0.4, -0.2) is 16.5 Å². The van der Waals surface area contributed by atoms with Gasteiger partial charge in [-0.15, -0.1) is 0 Å². The molecule has 2 heterocycles. The summed E-state index contributed by atoms with van der Waals surface area (Å²) in [7, 11) is 1.63. The van der Waals surface area contributed by atoms with E-state index >= 15 is 0 Å². The molecule has 0 saturated carbocycles. The lowest BCUT2D eigenvalue weighted by molar-refractivity contribution is 0.415. The van der Waals surface area contributed by atoms with Crippen LogP contribution in [0.25, 0.3) is 37.0 Å². The number of pyridine rings is 1. The lowest BCUT2D eigenvalue weighted by Gasteiger charge is -2.11. The molecule has 0 spiro atoms. The minimum Gasteiger partial charge on any atom is -0.497 e. The van der Waals surface area contributed by atoms with E-state index in [0.29, 0.717) is 11.4 Å². The van der Waals surface area contributed by atoms with Crippen molar-refractivity contribution in [2.75, 3.05) is 7.11 Å². The number of rotatable bonds is 1. The maximum atomic E-state index is 7.31. The maximum Gasteiger partial charge on any atom is 0.196 e. The molecule has 23 heavy (non-hydrogen) atoms. The van der Waals surface area contributed by atoms with Gasteiger partial charge in [0.1, 0.15) is 11.4 Å². The molecule has 0 saturated heterocycles. The molecule has 0 atom stereocenters. The number of imidazole rings is 1. The molecule has 0 amide bonds. The molecule has 108 valence electrons. The van der Waals surface area contributed by atoms with Crippen LogP contribution < -0.4 is 4.74 Å². The van der Waals surface area contributed by atoms with Gasteiger partial charge in [0.05, 0.1) is 20.3 Å². The first-order chi connectivity index (χ1) is 11.3. The van der Waals surface area contributed by atoms with E-state index in [4.69, 9.17) is 17.9 Å². The van der Waals surface area contributed by atoms with Crippen LogP contribution in [0.15, 0.2) is 42.7 Å². The first-order valence-corrected chi connectivity index (χ1v) is 6.92. The average Bonchev–Trinajstić information content (AvgIpc) is 3.10. The number of benzene rings is 2. The fourth-order valence-electron chi connectivity index (χ4n) is 2.93.